The fraction of sp³-hybridized carbons (Fsp3) is 0.509. The summed E-state index contributed by atoms with van der Waals surface area (Å²) in [6.07, 6.45) is 6.10. The van der Waals surface area contributed by atoms with Gasteiger partial charge in [-0.2, -0.15) is 0 Å². The van der Waals surface area contributed by atoms with Crippen LogP contribution in [0, 0.1) is 23.0 Å². The zero-order valence-electron chi connectivity index (χ0n) is 44.9. The number of rotatable bonds is 30. The molecule has 0 aliphatic carbocycles. The van der Waals surface area contributed by atoms with Gasteiger partial charge in [-0.05, 0) is 93.5 Å². The van der Waals surface area contributed by atoms with E-state index in [1.165, 1.54) is 30.9 Å². The lowest BCUT2D eigenvalue weighted by Gasteiger charge is -2.41. The number of aromatic nitrogens is 1. The Morgan fingerprint density at radius 2 is 1.40 bits per heavy atom. The molecule has 0 radical (unpaired) electrons. The van der Waals surface area contributed by atoms with Gasteiger partial charge in [0.1, 0.15) is 42.4 Å². The predicted molar refractivity (Wildman–Crippen MR) is 282 cm³/mol. The SMILES string of the molecule is CC(C)C(NC(=O)CCCCCN1C(=O)C=CC1=O)C(=O)N[C@@H](C)C(=O)N[C@@H](CCCCNC(=O)[C@@H](C)NC(=O)[C@@H](N)CCN(C(=O)CO)[C@@H](c1cc(-c2cc(F)ccc2F)cn1Cc1ccccc1)C(C)(C)C)C(=O)O. The minimum Gasteiger partial charge on any atom is -0.480 e. The van der Waals surface area contributed by atoms with E-state index in [-0.39, 0.29) is 68.6 Å². The Hall–Kier alpha value is -7.33. The van der Waals surface area contributed by atoms with Gasteiger partial charge in [-0.15, -0.1) is 0 Å². The number of unbranched alkanes of at least 4 members (excludes halogenated alkanes) is 3. The summed E-state index contributed by atoms with van der Waals surface area (Å²) in [7, 11) is 0. The molecule has 20 nitrogen and oxygen atoms in total. The molecule has 0 saturated heterocycles. The van der Waals surface area contributed by atoms with E-state index in [2.05, 4.69) is 26.6 Å². The van der Waals surface area contributed by atoms with Crippen LogP contribution in [0.3, 0.4) is 0 Å². The van der Waals surface area contributed by atoms with Crippen molar-refractivity contribution in [3.63, 3.8) is 0 Å². The molecule has 0 bridgehead atoms. The van der Waals surface area contributed by atoms with Gasteiger partial charge in [0.2, 0.25) is 35.4 Å². The number of nitrogens with one attached hydrogen (secondary N) is 5. The number of carboxylic acid groups (broad SMARTS) is 1. The van der Waals surface area contributed by atoms with E-state index in [0.717, 1.165) is 28.7 Å². The number of carbonyl (C=O) groups excluding carboxylic acids is 8. The number of benzene rings is 2. The molecule has 0 fully saturated rings. The van der Waals surface area contributed by atoms with Gasteiger partial charge in [-0.1, -0.05) is 71.4 Å². The van der Waals surface area contributed by atoms with Crippen molar-refractivity contribution in [1.82, 2.24) is 41.0 Å². The number of carbonyl (C=O) groups is 9. The second kappa shape index (κ2) is 29.3. The molecule has 420 valence electrons. The van der Waals surface area contributed by atoms with Crippen LogP contribution in [0.5, 0.6) is 0 Å². The number of nitrogens with zero attached hydrogens (tertiary/aromatic N) is 3. The van der Waals surface area contributed by atoms with Crippen LogP contribution in [0.15, 0.2) is 72.9 Å². The summed E-state index contributed by atoms with van der Waals surface area (Å²) in [5.74, 6) is -7.47. The van der Waals surface area contributed by atoms with Crippen molar-refractivity contribution in [3.05, 3.63) is 95.8 Å². The molecule has 1 aliphatic rings. The number of hydrogen-bond acceptors (Lipinski definition) is 11. The summed E-state index contributed by atoms with van der Waals surface area (Å²) < 4.78 is 31.4. The van der Waals surface area contributed by atoms with Gasteiger partial charge in [-0.25, -0.2) is 13.6 Å². The van der Waals surface area contributed by atoms with Gasteiger partial charge in [0.15, 0.2) is 0 Å². The third-order valence-electron chi connectivity index (χ3n) is 13.0. The fourth-order valence-corrected chi connectivity index (χ4v) is 8.82. The van der Waals surface area contributed by atoms with Gasteiger partial charge < -0.3 is 52.0 Å². The molecule has 6 atom stereocenters. The molecule has 2 heterocycles. The van der Waals surface area contributed by atoms with Crippen molar-refractivity contribution in [2.45, 2.75) is 143 Å². The first-order valence-electron chi connectivity index (χ1n) is 25.9. The zero-order valence-corrected chi connectivity index (χ0v) is 44.9. The highest BCUT2D eigenvalue weighted by molar-refractivity contribution is 6.12. The molecular weight excluding hydrogens is 1000 g/mol. The summed E-state index contributed by atoms with van der Waals surface area (Å²) in [6, 6.07) is 7.68. The average molecular weight is 1080 g/mol. The molecule has 9 N–H and O–H groups in total. The molecule has 77 heavy (non-hydrogen) atoms. The fourth-order valence-electron chi connectivity index (χ4n) is 8.82. The van der Waals surface area contributed by atoms with Crippen molar-refractivity contribution in [2.24, 2.45) is 17.1 Å². The monoisotopic (exact) mass is 1080 g/mol. The van der Waals surface area contributed by atoms with Crippen LogP contribution in [-0.4, -0.2) is 134 Å². The Morgan fingerprint density at radius 1 is 0.753 bits per heavy atom. The first-order chi connectivity index (χ1) is 36.3. The van der Waals surface area contributed by atoms with Crippen molar-refractivity contribution >= 4 is 53.2 Å². The summed E-state index contributed by atoms with van der Waals surface area (Å²) >= 11 is 0. The van der Waals surface area contributed by atoms with Crippen molar-refractivity contribution < 1.29 is 62.1 Å². The Bertz CT molecular complexity index is 2580. The molecule has 1 aliphatic heterocycles. The predicted octanol–water partition coefficient (Wildman–Crippen LogP) is 3.60. The van der Waals surface area contributed by atoms with Crippen LogP contribution in [0.25, 0.3) is 11.1 Å². The van der Waals surface area contributed by atoms with E-state index >= 15 is 4.39 Å². The Labute approximate surface area is 447 Å². The highest BCUT2D eigenvalue weighted by Crippen LogP contribution is 2.41. The van der Waals surface area contributed by atoms with Gasteiger partial charge in [0.05, 0.1) is 12.1 Å². The van der Waals surface area contributed by atoms with Crippen LogP contribution in [0.4, 0.5) is 8.78 Å². The standard InChI is InChI=1S/C55H75F2N9O11/c1-33(2)48(63-44(68)19-12-9-15-26-65-45(69)22-23-46(65)70)53(75)61-35(4)51(73)62-42(54(76)77)18-13-14-25-59-50(72)34(3)60-52(74)41(58)24-27-66(47(71)32-67)49(55(5,6)7)43-28-37(39-29-38(56)20-21-40(39)57)31-64(43)30-36-16-10-8-11-17-36/h8,10-11,16-17,20-23,28-29,31,33-35,41-42,48-49,67H,9,12-15,18-19,24-27,30,32,58H2,1-7H3,(H,59,72)(H,60,74)(H,61,75)(H,62,73)(H,63,68)(H,76,77)/t34-,35+,41+,42+,48?,49+/m1/s1. The van der Waals surface area contributed by atoms with E-state index in [9.17, 15) is 57.8 Å². The lowest BCUT2D eigenvalue weighted by atomic mass is 9.82. The number of halogens is 2. The Balaban J connectivity index is 1.25. The molecule has 22 heteroatoms. The molecule has 8 amide bonds. The number of hydrogen-bond donors (Lipinski definition) is 8. The second-order valence-electron chi connectivity index (χ2n) is 20.7. The highest BCUT2D eigenvalue weighted by Gasteiger charge is 2.38. The number of aliphatic hydroxyl groups is 1. The van der Waals surface area contributed by atoms with E-state index < -0.39 is 101 Å². The van der Waals surface area contributed by atoms with Crippen LogP contribution in [0.1, 0.15) is 117 Å². The van der Waals surface area contributed by atoms with Gasteiger partial charge in [0, 0.05) is 67.8 Å². The Kier molecular flexibility index (Phi) is 23.6. The third-order valence-corrected chi connectivity index (χ3v) is 13.0. The topological polar surface area (TPSA) is 292 Å². The minimum atomic E-state index is -1.33. The molecule has 1 unspecified atom stereocenters. The summed E-state index contributed by atoms with van der Waals surface area (Å²) in [5, 5.41) is 32.9. The maximum atomic E-state index is 15.2. The molecule has 4 rings (SSSR count). The van der Waals surface area contributed by atoms with Gasteiger partial charge in [-0.3, -0.25) is 43.3 Å². The molecule has 0 saturated carbocycles. The highest BCUT2D eigenvalue weighted by atomic mass is 19.1. The first kappa shape index (κ1) is 62.2. The number of nitrogens with two attached hydrogens (primary N) is 1. The van der Waals surface area contributed by atoms with Crippen molar-refractivity contribution in [2.75, 3.05) is 26.2 Å². The van der Waals surface area contributed by atoms with E-state index in [1.807, 2.05) is 55.7 Å². The van der Waals surface area contributed by atoms with Gasteiger partial charge in [0.25, 0.3) is 11.8 Å². The van der Waals surface area contributed by atoms with E-state index in [4.69, 9.17) is 5.73 Å². The average Bonchev–Trinajstić information content (AvgIpc) is 3.93. The van der Waals surface area contributed by atoms with Crippen molar-refractivity contribution in [3.8, 4) is 11.1 Å². The molecule has 1 aromatic heterocycles. The van der Waals surface area contributed by atoms with Crippen LogP contribution in [0.2, 0.25) is 0 Å². The quantitative estimate of drug-likeness (QED) is 0.0351. The van der Waals surface area contributed by atoms with E-state index in [1.54, 1.807) is 26.1 Å². The lowest BCUT2D eigenvalue weighted by molar-refractivity contribution is -0.142. The van der Waals surface area contributed by atoms with Crippen molar-refractivity contribution in [1.29, 1.82) is 0 Å². The zero-order chi connectivity index (χ0) is 57.1. The smallest absolute Gasteiger partial charge is 0.326 e. The third kappa shape index (κ3) is 18.7. The van der Waals surface area contributed by atoms with E-state index in [0.29, 0.717) is 43.5 Å². The first-order valence-corrected chi connectivity index (χ1v) is 25.9. The minimum absolute atomic E-state index is 0.0170. The molecule has 2 aromatic carbocycles. The number of aliphatic hydroxyl groups excluding tert-OH is 1. The van der Waals surface area contributed by atoms with Crippen LogP contribution >= 0.6 is 0 Å². The van der Waals surface area contributed by atoms with Gasteiger partial charge >= 0.3 is 5.97 Å². The maximum absolute atomic E-state index is 15.2. The molecular formula is C55H75F2N9O11. The number of aliphatic carboxylic acids is 1. The Morgan fingerprint density at radius 3 is 2.03 bits per heavy atom. The lowest BCUT2D eigenvalue weighted by Crippen LogP contribution is -2.56. The normalized spacial score (nSPS) is 14.8. The second-order valence-corrected chi connectivity index (χ2v) is 20.7. The largest absolute Gasteiger partial charge is 0.480 e. The number of amides is 8. The number of imide groups is 1. The summed E-state index contributed by atoms with van der Waals surface area (Å²) in [6.45, 7) is 11.5. The molecule has 0 spiro atoms. The maximum Gasteiger partial charge on any atom is 0.326 e. The summed E-state index contributed by atoms with van der Waals surface area (Å²) in [4.78, 5) is 117. The summed E-state index contributed by atoms with van der Waals surface area (Å²) in [5.41, 5.74) is 7.45. The number of carboxylic acids is 1. The van der Waals surface area contributed by atoms with Crippen LogP contribution < -0.4 is 32.3 Å². The van der Waals surface area contributed by atoms with Crippen LogP contribution in [-0.2, 0) is 49.7 Å². The molecule has 3 aromatic rings.